The molecule has 0 aliphatic carbocycles. The Kier molecular flexibility index (Phi) is 4.35. The van der Waals surface area contributed by atoms with Gasteiger partial charge in [-0.3, -0.25) is 10.1 Å². The van der Waals surface area contributed by atoms with Crippen molar-refractivity contribution in [3.63, 3.8) is 0 Å². The molecule has 27 heavy (non-hydrogen) atoms. The van der Waals surface area contributed by atoms with Gasteiger partial charge in [0.15, 0.2) is 5.75 Å². The van der Waals surface area contributed by atoms with Crippen molar-refractivity contribution in [2.45, 2.75) is 37.4 Å². The van der Waals surface area contributed by atoms with Gasteiger partial charge in [-0.2, -0.15) is 0 Å². The van der Waals surface area contributed by atoms with Gasteiger partial charge < -0.3 is 14.4 Å². The first kappa shape index (κ1) is 21.0. The largest absolute Gasteiger partial charge is 0.480 e. The average Bonchev–Trinajstić information content (AvgIpc) is 2.37. The van der Waals surface area contributed by atoms with Gasteiger partial charge >= 0.3 is 22.0 Å². The Morgan fingerprint density at radius 2 is 1.78 bits per heavy atom. The van der Waals surface area contributed by atoms with E-state index in [0.717, 1.165) is 0 Å². The number of hydrogen-bond donors (Lipinski definition) is 0. The molecule has 1 heterocycles. The topological polar surface area (TPSA) is 81.9 Å². The molecule has 0 unspecified atom stereocenters. The molecular formula is C14H17F5N2O5S. The summed E-state index contributed by atoms with van der Waals surface area (Å²) in [7, 11) is -10.1. The molecule has 2 rings (SSSR count). The quantitative estimate of drug-likeness (QED) is 0.378. The molecule has 0 spiro atoms. The molecule has 1 fully saturated rings. The summed E-state index contributed by atoms with van der Waals surface area (Å²) in [4.78, 5) is 20.4. The second-order valence-corrected chi connectivity index (χ2v) is 9.39. The average molecular weight is 420 g/mol. The van der Waals surface area contributed by atoms with Crippen LogP contribution < -0.4 is 4.74 Å². The van der Waals surface area contributed by atoms with Crippen LogP contribution in [0.25, 0.3) is 0 Å². The highest BCUT2D eigenvalue weighted by molar-refractivity contribution is 8.45. The third-order valence-electron chi connectivity index (χ3n) is 3.37. The first-order chi connectivity index (χ1) is 11.9. The SMILES string of the molecule is CC(C)(C)OC(=O)N1CC(Oc2ccc(S(F)(F)(F)(F)F)cc2[N+](=O)[O-])C1. The van der Waals surface area contributed by atoms with Gasteiger partial charge in [-0.15, -0.1) is 0 Å². The van der Waals surface area contributed by atoms with E-state index in [1.807, 2.05) is 0 Å². The summed E-state index contributed by atoms with van der Waals surface area (Å²) in [6.45, 7) is 4.93. The maximum absolute atomic E-state index is 12.8. The maximum Gasteiger partial charge on any atom is 0.410 e. The van der Waals surface area contributed by atoms with Crippen LogP contribution in [-0.2, 0) is 4.74 Å². The minimum absolute atomic E-state index is 0.0185. The van der Waals surface area contributed by atoms with Crippen molar-refractivity contribution in [2.24, 2.45) is 0 Å². The molecular weight excluding hydrogens is 403 g/mol. The number of nitro groups is 1. The normalized spacial score (nSPS) is 18.1. The van der Waals surface area contributed by atoms with E-state index in [0.29, 0.717) is 6.07 Å². The third-order valence-corrected chi connectivity index (χ3v) is 4.51. The van der Waals surface area contributed by atoms with Gasteiger partial charge in [0.1, 0.15) is 16.6 Å². The number of nitrogens with zero attached hydrogens (tertiary/aromatic N) is 2. The van der Waals surface area contributed by atoms with Crippen LogP contribution in [-0.4, -0.2) is 40.7 Å². The fourth-order valence-corrected chi connectivity index (χ4v) is 2.81. The van der Waals surface area contributed by atoms with Gasteiger partial charge in [0, 0.05) is 6.07 Å². The van der Waals surface area contributed by atoms with E-state index in [-0.39, 0.29) is 25.2 Å². The number of amides is 1. The molecule has 0 aromatic heterocycles. The highest BCUT2D eigenvalue weighted by Crippen LogP contribution is 3.02. The molecule has 0 N–H and O–H groups in total. The number of carbonyl (C=O) groups is 1. The molecule has 1 aromatic rings. The van der Waals surface area contributed by atoms with Gasteiger partial charge in [0.25, 0.3) is 0 Å². The van der Waals surface area contributed by atoms with Crippen molar-refractivity contribution in [1.29, 1.82) is 0 Å². The zero-order chi connectivity index (χ0) is 20.9. The predicted molar refractivity (Wildman–Crippen MR) is 86.7 cm³/mol. The van der Waals surface area contributed by atoms with Crippen molar-refractivity contribution in [2.75, 3.05) is 13.1 Å². The highest BCUT2D eigenvalue weighted by atomic mass is 32.5. The molecule has 0 radical (unpaired) electrons. The molecule has 1 saturated heterocycles. The van der Waals surface area contributed by atoms with E-state index in [1.165, 1.54) is 4.90 Å². The monoisotopic (exact) mass is 420 g/mol. The number of benzene rings is 1. The Hall–Kier alpha value is -2.31. The number of nitro benzene ring substituents is 1. The van der Waals surface area contributed by atoms with E-state index in [1.54, 1.807) is 20.8 Å². The molecule has 13 heteroatoms. The molecule has 1 aliphatic heterocycles. The Labute approximate surface area is 150 Å². The third kappa shape index (κ3) is 5.34. The van der Waals surface area contributed by atoms with Crippen molar-refractivity contribution in [3.8, 4) is 5.75 Å². The number of hydrogen-bond acceptors (Lipinski definition) is 5. The van der Waals surface area contributed by atoms with Crippen LogP contribution in [0.3, 0.4) is 0 Å². The minimum Gasteiger partial charge on any atom is -0.480 e. The second kappa shape index (κ2) is 5.59. The number of halogens is 5. The number of ether oxygens (including phenoxy) is 2. The van der Waals surface area contributed by atoms with Crippen molar-refractivity contribution < 1.29 is 38.6 Å². The summed E-state index contributed by atoms with van der Waals surface area (Å²) in [5.74, 6) is -0.598. The van der Waals surface area contributed by atoms with Crippen LogP contribution >= 0.6 is 10.2 Å². The second-order valence-electron chi connectivity index (χ2n) is 6.98. The molecule has 0 saturated carbocycles. The molecule has 0 bridgehead atoms. The van der Waals surface area contributed by atoms with E-state index >= 15 is 0 Å². The highest BCUT2D eigenvalue weighted by Gasteiger charge is 2.66. The number of rotatable bonds is 4. The van der Waals surface area contributed by atoms with Crippen LogP contribution in [0.2, 0.25) is 0 Å². The Bertz CT molecular complexity index is 788. The summed E-state index contributed by atoms with van der Waals surface area (Å²) >= 11 is 0. The molecule has 7 nitrogen and oxygen atoms in total. The lowest BCUT2D eigenvalue weighted by Gasteiger charge is -2.41. The van der Waals surface area contributed by atoms with E-state index < -0.39 is 49.3 Å². The van der Waals surface area contributed by atoms with Crippen LogP contribution in [0.1, 0.15) is 20.8 Å². The molecule has 1 aliphatic rings. The van der Waals surface area contributed by atoms with Crippen LogP contribution in [0.4, 0.5) is 29.9 Å². The summed E-state index contributed by atoms with van der Waals surface area (Å²) in [6.07, 6.45) is -1.39. The van der Waals surface area contributed by atoms with Crippen LogP contribution in [0.15, 0.2) is 23.1 Å². The van der Waals surface area contributed by atoms with Crippen molar-refractivity contribution in [1.82, 2.24) is 4.90 Å². The maximum atomic E-state index is 12.8. The lowest BCUT2D eigenvalue weighted by molar-refractivity contribution is -0.386. The Morgan fingerprint density at radius 1 is 1.22 bits per heavy atom. The zero-order valence-corrected chi connectivity index (χ0v) is 15.3. The number of carbonyl (C=O) groups excluding carboxylic acids is 1. The van der Waals surface area contributed by atoms with Gasteiger partial charge in [0.2, 0.25) is 0 Å². The Morgan fingerprint density at radius 3 is 2.22 bits per heavy atom. The minimum atomic E-state index is -10.1. The predicted octanol–water partition coefficient (Wildman–Crippen LogP) is 5.25. The van der Waals surface area contributed by atoms with Gasteiger partial charge in [0.05, 0.1) is 18.0 Å². The molecule has 1 amide bonds. The Balaban J connectivity index is 2.13. The standard InChI is InChI=1S/C14H17F5N2O5S/c1-14(2,3)26-13(22)20-7-9(8-20)25-12-5-4-10(6-11(12)21(23)24)27(15,16,17,18)19/h4-6,9H,7-8H2,1-3H3. The lowest BCUT2D eigenvalue weighted by atomic mass is 10.1. The number of likely N-dealkylation sites (tertiary alicyclic amines) is 1. The first-order valence-electron chi connectivity index (χ1n) is 7.53. The van der Waals surface area contributed by atoms with Gasteiger partial charge in [-0.25, -0.2) is 4.79 Å². The van der Waals surface area contributed by atoms with Crippen molar-refractivity contribution in [3.05, 3.63) is 28.3 Å². The summed E-state index contributed by atoms with van der Waals surface area (Å²) in [5.41, 5.74) is -1.97. The van der Waals surface area contributed by atoms with Crippen molar-refractivity contribution >= 4 is 22.0 Å². The fourth-order valence-electron chi connectivity index (χ4n) is 2.15. The van der Waals surface area contributed by atoms with E-state index in [9.17, 15) is 34.3 Å². The molecule has 1 aromatic carbocycles. The van der Waals surface area contributed by atoms with Gasteiger partial charge in [-0.05, 0) is 32.9 Å². The molecule has 0 atom stereocenters. The lowest BCUT2D eigenvalue weighted by Crippen LogP contribution is -2.57. The summed E-state index contributed by atoms with van der Waals surface area (Å²) in [5, 5.41) is 11.0. The van der Waals surface area contributed by atoms with Crippen LogP contribution in [0, 0.1) is 10.1 Å². The zero-order valence-electron chi connectivity index (χ0n) is 14.5. The fraction of sp³-hybridized carbons (Fsp3) is 0.500. The van der Waals surface area contributed by atoms with E-state index in [4.69, 9.17) is 9.47 Å². The molecule has 154 valence electrons. The smallest absolute Gasteiger partial charge is 0.410 e. The van der Waals surface area contributed by atoms with Gasteiger partial charge in [-0.1, -0.05) is 19.4 Å². The van der Waals surface area contributed by atoms with Crippen LogP contribution in [0.5, 0.6) is 5.75 Å². The van der Waals surface area contributed by atoms with E-state index in [2.05, 4.69) is 0 Å². The summed E-state index contributed by atoms with van der Waals surface area (Å²) < 4.78 is 74.4. The first-order valence-corrected chi connectivity index (χ1v) is 9.48. The summed E-state index contributed by atoms with van der Waals surface area (Å²) in [6, 6.07) is 0.261.